The van der Waals surface area contributed by atoms with E-state index in [1.807, 2.05) is 0 Å². The Morgan fingerprint density at radius 2 is 1.75 bits per heavy atom. The maximum atomic E-state index is 9.29. The molecule has 70 valence electrons. The summed E-state index contributed by atoms with van der Waals surface area (Å²) in [7, 11) is 0. The maximum Gasteiger partial charge on any atom is 0.0903 e. The van der Waals surface area contributed by atoms with Crippen molar-refractivity contribution >= 4 is 0 Å². The van der Waals surface area contributed by atoms with E-state index in [-0.39, 0.29) is 12.6 Å². The quantitative estimate of drug-likeness (QED) is 0.312. The van der Waals surface area contributed by atoms with Crippen LogP contribution in [0.3, 0.4) is 0 Å². The third-order valence-electron chi connectivity index (χ3n) is 1.96. The standard InChI is InChI=1S/C8H15NO3/c10-5-1-4-9-8-6(11)2-3-7(8)12/h2-3,6-12H,1,4-5H2/t6-,7-/m1/s1. The predicted octanol–water partition coefficient (Wildman–Crippen LogP) is -1.38. The average Bonchev–Trinajstić information content (AvgIpc) is 2.35. The molecule has 1 rings (SSSR count). The van der Waals surface area contributed by atoms with Gasteiger partial charge in [0.1, 0.15) is 0 Å². The van der Waals surface area contributed by atoms with Gasteiger partial charge in [-0.2, -0.15) is 0 Å². The first kappa shape index (κ1) is 9.67. The third-order valence-corrected chi connectivity index (χ3v) is 1.96. The van der Waals surface area contributed by atoms with Gasteiger partial charge in [0.05, 0.1) is 18.2 Å². The second kappa shape index (κ2) is 4.57. The summed E-state index contributed by atoms with van der Waals surface area (Å²) in [6.45, 7) is 0.732. The van der Waals surface area contributed by atoms with E-state index < -0.39 is 12.2 Å². The molecule has 4 N–H and O–H groups in total. The number of hydrogen-bond acceptors (Lipinski definition) is 4. The van der Waals surface area contributed by atoms with Crippen LogP contribution in [0.25, 0.3) is 0 Å². The van der Waals surface area contributed by atoms with Crippen molar-refractivity contribution in [3.05, 3.63) is 12.2 Å². The molecule has 0 fully saturated rings. The molecule has 0 unspecified atom stereocenters. The van der Waals surface area contributed by atoms with E-state index in [9.17, 15) is 10.2 Å². The minimum absolute atomic E-state index is 0.124. The Hall–Kier alpha value is -0.420. The SMILES string of the molecule is OCCCNC1[C@H](O)C=C[C@H]1O. The highest BCUT2D eigenvalue weighted by atomic mass is 16.3. The Kier molecular flexibility index (Phi) is 3.68. The van der Waals surface area contributed by atoms with Crippen LogP contribution in [-0.4, -0.2) is 46.7 Å². The maximum absolute atomic E-state index is 9.29. The van der Waals surface area contributed by atoms with Crippen LogP contribution in [-0.2, 0) is 0 Å². The van der Waals surface area contributed by atoms with Crippen LogP contribution in [0.4, 0.5) is 0 Å². The first-order valence-corrected chi connectivity index (χ1v) is 4.14. The van der Waals surface area contributed by atoms with E-state index in [2.05, 4.69) is 5.32 Å². The van der Waals surface area contributed by atoms with Gasteiger partial charge in [0.25, 0.3) is 0 Å². The number of rotatable bonds is 4. The van der Waals surface area contributed by atoms with E-state index in [4.69, 9.17) is 5.11 Å². The number of nitrogens with one attached hydrogen (secondary N) is 1. The van der Waals surface area contributed by atoms with Crippen molar-refractivity contribution in [3.8, 4) is 0 Å². The predicted molar refractivity (Wildman–Crippen MR) is 44.6 cm³/mol. The van der Waals surface area contributed by atoms with Gasteiger partial charge in [0.15, 0.2) is 0 Å². The van der Waals surface area contributed by atoms with Gasteiger partial charge in [-0.05, 0) is 13.0 Å². The summed E-state index contributed by atoms with van der Waals surface area (Å²) in [4.78, 5) is 0. The third kappa shape index (κ3) is 2.28. The van der Waals surface area contributed by atoms with Crippen LogP contribution in [0.2, 0.25) is 0 Å². The Bertz CT molecular complexity index is 148. The average molecular weight is 173 g/mol. The van der Waals surface area contributed by atoms with Crippen molar-refractivity contribution in [2.75, 3.05) is 13.2 Å². The van der Waals surface area contributed by atoms with Gasteiger partial charge in [-0.3, -0.25) is 0 Å². The Morgan fingerprint density at radius 1 is 1.17 bits per heavy atom. The number of aliphatic hydroxyl groups excluding tert-OH is 3. The smallest absolute Gasteiger partial charge is 0.0903 e. The minimum Gasteiger partial charge on any atom is -0.396 e. The van der Waals surface area contributed by atoms with Gasteiger partial charge >= 0.3 is 0 Å². The molecule has 2 atom stereocenters. The minimum atomic E-state index is -0.612. The van der Waals surface area contributed by atoms with Crippen molar-refractivity contribution in [1.29, 1.82) is 0 Å². The molecule has 0 saturated heterocycles. The Balaban J connectivity index is 2.23. The van der Waals surface area contributed by atoms with Crippen LogP contribution in [0.15, 0.2) is 12.2 Å². The van der Waals surface area contributed by atoms with Crippen LogP contribution in [0.1, 0.15) is 6.42 Å². The van der Waals surface area contributed by atoms with Crippen molar-refractivity contribution in [2.45, 2.75) is 24.7 Å². The molecular formula is C8H15NO3. The monoisotopic (exact) mass is 173 g/mol. The van der Waals surface area contributed by atoms with Gasteiger partial charge in [0, 0.05) is 6.61 Å². The molecule has 0 radical (unpaired) electrons. The van der Waals surface area contributed by atoms with Gasteiger partial charge in [-0.15, -0.1) is 0 Å². The molecule has 0 aliphatic heterocycles. The van der Waals surface area contributed by atoms with E-state index in [0.717, 1.165) is 0 Å². The summed E-state index contributed by atoms with van der Waals surface area (Å²) in [5.41, 5.74) is 0. The fourth-order valence-electron chi connectivity index (χ4n) is 1.26. The molecule has 0 aromatic rings. The molecule has 0 aromatic carbocycles. The van der Waals surface area contributed by atoms with Gasteiger partial charge in [-0.25, -0.2) is 0 Å². The Labute approximate surface area is 71.5 Å². The molecule has 0 heterocycles. The summed E-state index contributed by atoms with van der Waals surface area (Å²) in [5, 5.41) is 30.0. The lowest BCUT2D eigenvalue weighted by atomic mass is 10.1. The molecule has 1 aliphatic rings. The van der Waals surface area contributed by atoms with Crippen LogP contribution in [0, 0.1) is 0 Å². The second-order valence-corrected chi connectivity index (χ2v) is 2.92. The second-order valence-electron chi connectivity index (χ2n) is 2.92. The lowest BCUT2D eigenvalue weighted by molar-refractivity contribution is 0.103. The van der Waals surface area contributed by atoms with Crippen molar-refractivity contribution in [1.82, 2.24) is 5.32 Å². The lowest BCUT2D eigenvalue weighted by Gasteiger charge is -2.19. The lowest BCUT2D eigenvalue weighted by Crippen LogP contribution is -2.44. The fourth-order valence-corrected chi connectivity index (χ4v) is 1.26. The summed E-state index contributed by atoms with van der Waals surface area (Å²) in [6.07, 6.45) is 2.55. The highest BCUT2D eigenvalue weighted by Gasteiger charge is 2.27. The van der Waals surface area contributed by atoms with E-state index in [1.165, 1.54) is 0 Å². The molecule has 0 spiro atoms. The molecule has 1 aliphatic carbocycles. The van der Waals surface area contributed by atoms with Crippen LogP contribution in [0.5, 0.6) is 0 Å². The molecule has 0 saturated carbocycles. The molecular weight excluding hydrogens is 158 g/mol. The summed E-state index contributed by atoms with van der Waals surface area (Å²) in [5.74, 6) is 0. The number of hydrogen-bond donors (Lipinski definition) is 4. The number of aliphatic hydroxyl groups is 3. The van der Waals surface area contributed by atoms with E-state index in [0.29, 0.717) is 13.0 Å². The first-order chi connectivity index (χ1) is 5.75. The molecule has 0 amide bonds. The van der Waals surface area contributed by atoms with E-state index in [1.54, 1.807) is 12.2 Å². The molecule has 0 bridgehead atoms. The zero-order chi connectivity index (χ0) is 8.97. The fraction of sp³-hybridized carbons (Fsp3) is 0.750. The molecule has 4 heteroatoms. The zero-order valence-corrected chi connectivity index (χ0v) is 6.85. The first-order valence-electron chi connectivity index (χ1n) is 4.14. The summed E-state index contributed by atoms with van der Waals surface area (Å²) >= 11 is 0. The van der Waals surface area contributed by atoms with Gasteiger partial charge < -0.3 is 20.6 Å². The topological polar surface area (TPSA) is 72.7 Å². The molecule has 0 aromatic heterocycles. The Morgan fingerprint density at radius 3 is 2.25 bits per heavy atom. The highest BCUT2D eigenvalue weighted by molar-refractivity contribution is 5.11. The summed E-state index contributed by atoms with van der Waals surface area (Å²) < 4.78 is 0. The molecule has 4 nitrogen and oxygen atoms in total. The van der Waals surface area contributed by atoms with Gasteiger partial charge in [-0.1, -0.05) is 12.2 Å². The zero-order valence-electron chi connectivity index (χ0n) is 6.85. The van der Waals surface area contributed by atoms with E-state index >= 15 is 0 Å². The largest absolute Gasteiger partial charge is 0.396 e. The van der Waals surface area contributed by atoms with Crippen molar-refractivity contribution in [3.63, 3.8) is 0 Å². The molecule has 12 heavy (non-hydrogen) atoms. The normalized spacial score (nSPS) is 29.9. The van der Waals surface area contributed by atoms with Crippen molar-refractivity contribution in [2.24, 2.45) is 0 Å². The van der Waals surface area contributed by atoms with Gasteiger partial charge in [0.2, 0.25) is 0 Å². The van der Waals surface area contributed by atoms with Crippen molar-refractivity contribution < 1.29 is 15.3 Å². The van der Waals surface area contributed by atoms with Crippen LogP contribution < -0.4 is 5.32 Å². The highest BCUT2D eigenvalue weighted by Crippen LogP contribution is 2.11. The summed E-state index contributed by atoms with van der Waals surface area (Å²) in [6, 6.07) is -0.309. The van der Waals surface area contributed by atoms with Crippen LogP contribution >= 0.6 is 0 Å².